The zero-order valence-electron chi connectivity index (χ0n) is 25.7. The molecular formula is C32H43F3N2O4S. The van der Waals surface area contributed by atoms with Crippen LogP contribution < -0.4 is 4.72 Å². The van der Waals surface area contributed by atoms with E-state index in [0.717, 1.165) is 5.57 Å². The SMILES string of the molecule is CC1(C)CC[C@]2(NS(=O)(=O)CC(F)(F)F)CC[C@]3(C)[C@H](C(=O)C=C4[C@@]5(C)C=C(C#N)C(=O)C(C)(C)[C@@H]5CC[C@]43C)[C@@H]2C1. The standard InChI is InChI=1S/C32H43F3N2O4S/c1-26(2)10-12-31(37-42(40,41)18-32(33,34)35)13-11-30(7)24(20(31)16-26)21(38)14-23-28(5)15-19(17-36)25(39)27(3,4)22(28)8-9-29(23,30)6/h14-15,20,22,24,37H,8-13,16,18H2,1-7H3/t20-,22-,24-,28-,29+,30+,31-/m0/s1. The summed E-state index contributed by atoms with van der Waals surface area (Å²) in [6, 6.07) is 2.10. The molecule has 0 aromatic heterocycles. The number of nitrogens with one attached hydrogen (secondary N) is 1. The van der Waals surface area contributed by atoms with Gasteiger partial charge in [-0.25, -0.2) is 13.1 Å². The van der Waals surface area contributed by atoms with Gasteiger partial charge in [-0.1, -0.05) is 60.1 Å². The first-order chi connectivity index (χ1) is 19.0. The van der Waals surface area contributed by atoms with Crippen molar-refractivity contribution in [1.29, 1.82) is 5.26 Å². The van der Waals surface area contributed by atoms with Gasteiger partial charge in [0, 0.05) is 22.3 Å². The number of halogens is 3. The summed E-state index contributed by atoms with van der Waals surface area (Å²) in [7, 11) is -4.69. The van der Waals surface area contributed by atoms with E-state index < -0.39 is 61.0 Å². The maximum atomic E-state index is 14.4. The van der Waals surface area contributed by atoms with Crippen molar-refractivity contribution in [3.63, 3.8) is 0 Å². The lowest BCUT2D eigenvalue weighted by molar-refractivity contribution is -0.159. The van der Waals surface area contributed by atoms with Gasteiger partial charge in [0.2, 0.25) is 10.0 Å². The van der Waals surface area contributed by atoms with Crippen molar-refractivity contribution < 1.29 is 31.2 Å². The number of alkyl halides is 3. The molecule has 0 spiro atoms. The second-order valence-electron chi connectivity index (χ2n) is 15.9. The van der Waals surface area contributed by atoms with E-state index in [1.807, 2.05) is 20.8 Å². The van der Waals surface area contributed by atoms with Crippen LogP contribution in [0.15, 0.2) is 23.3 Å². The molecule has 42 heavy (non-hydrogen) atoms. The number of carbonyl (C=O) groups excluding carboxylic acids is 2. The first kappa shape index (κ1) is 31.4. The predicted molar refractivity (Wildman–Crippen MR) is 152 cm³/mol. The topological polar surface area (TPSA) is 104 Å². The van der Waals surface area contributed by atoms with E-state index in [2.05, 4.69) is 38.5 Å². The second kappa shape index (κ2) is 9.03. The summed E-state index contributed by atoms with van der Waals surface area (Å²) in [5.74, 6) is -3.41. The lowest BCUT2D eigenvalue weighted by Crippen LogP contribution is -2.70. The van der Waals surface area contributed by atoms with E-state index >= 15 is 0 Å². The zero-order valence-corrected chi connectivity index (χ0v) is 26.5. The molecule has 0 aromatic rings. The molecule has 3 fully saturated rings. The molecule has 0 aliphatic heterocycles. The van der Waals surface area contributed by atoms with Gasteiger partial charge < -0.3 is 0 Å². The van der Waals surface area contributed by atoms with Crippen LogP contribution in [-0.2, 0) is 19.6 Å². The number of nitriles is 1. The molecule has 0 amide bonds. The molecule has 0 heterocycles. The molecule has 1 N–H and O–H groups in total. The number of nitrogens with zero attached hydrogens (tertiary/aromatic N) is 1. The highest BCUT2D eigenvalue weighted by Crippen LogP contribution is 2.73. The van der Waals surface area contributed by atoms with Crippen LogP contribution in [0.1, 0.15) is 93.4 Å². The smallest absolute Gasteiger partial charge is 0.295 e. The van der Waals surface area contributed by atoms with Gasteiger partial charge in [0.1, 0.15) is 6.07 Å². The lowest BCUT2D eigenvalue weighted by Gasteiger charge is -2.69. The van der Waals surface area contributed by atoms with E-state index in [9.17, 15) is 36.4 Å². The highest BCUT2D eigenvalue weighted by molar-refractivity contribution is 7.89. The predicted octanol–water partition coefficient (Wildman–Crippen LogP) is 6.44. The number of rotatable bonds is 3. The number of hydrogen-bond acceptors (Lipinski definition) is 5. The lowest BCUT2D eigenvalue weighted by atomic mass is 9.35. The van der Waals surface area contributed by atoms with Gasteiger partial charge in [0.25, 0.3) is 0 Å². The molecule has 7 atom stereocenters. The van der Waals surface area contributed by atoms with Gasteiger partial charge in [-0.15, -0.1) is 0 Å². The molecule has 5 rings (SSSR count). The van der Waals surface area contributed by atoms with Gasteiger partial charge >= 0.3 is 6.18 Å². The minimum absolute atomic E-state index is 0.104. The van der Waals surface area contributed by atoms with Crippen LogP contribution in [0.25, 0.3) is 0 Å². The monoisotopic (exact) mass is 608 g/mol. The molecule has 0 unspecified atom stereocenters. The fourth-order valence-electron chi connectivity index (χ4n) is 10.4. The third kappa shape index (κ3) is 4.38. The number of sulfonamides is 1. The average Bonchev–Trinajstić information content (AvgIpc) is 2.82. The van der Waals surface area contributed by atoms with Crippen LogP contribution in [0.4, 0.5) is 13.2 Å². The van der Waals surface area contributed by atoms with Crippen LogP contribution in [0.3, 0.4) is 0 Å². The maximum Gasteiger partial charge on any atom is 0.404 e. The molecule has 5 aliphatic rings. The first-order valence-corrected chi connectivity index (χ1v) is 16.6. The number of fused-ring (bicyclic) bond motifs is 7. The number of hydrogen-bond donors (Lipinski definition) is 1. The Balaban J connectivity index is 1.65. The van der Waals surface area contributed by atoms with E-state index in [0.29, 0.717) is 44.9 Å². The van der Waals surface area contributed by atoms with Gasteiger partial charge in [-0.2, -0.15) is 18.4 Å². The third-order valence-electron chi connectivity index (χ3n) is 12.6. The summed E-state index contributed by atoms with van der Waals surface area (Å²) in [6.45, 7) is 14.2. The molecule has 6 nitrogen and oxygen atoms in total. The van der Waals surface area contributed by atoms with Crippen LogP contribution in [0, 0.1) is 56.2 Å². The van der Waals surface area contributed by atoms with Crippen molar-refractivity contribution in [3.05, 3.63) is 23.3 Å². The van der Waals surface area contributed by atoms with Crippen LogP contribution in [0.5, 0.6) is 0 Å². The minimum atomic E-state index is -4.88. The molecule has 0 bridgehead atoms. The van der Waals surface area contributed by atoms with Crippen molar-refractivity contribution in [2.75, 3.05) is 5.75 Å². The van der Waals surface area contributed by atoms with Gasteiger partial charge in [0.15, 0.2) is 17.3 Å². The largest absolute Gasteiger partial charge is 0.404 e. The van der Waals surface area contributed by atoms with E-state index in [1.54, 1.807) is 12.2 Å². The van der Waals surface area contributed by atoms with Crippen LogP contribution in [-0.4, -0.2) is 37.5 Å². The Bertz CT molecular complexity index is 1450. The van der Waals surface area contributed by atoms with Crippen molar-refractivity contribution in [1.82, 2.24) is 4.72 Å². The molecule has 5 aliphatic carbocycles. The van der Waals surface area contributed by atoms with E-state index in [-0.39, 0.29) is 28.5 Å². The molecular weight excluding hydrogens is 565 g/mol. The fraction of sp³-hybridized carbons (Fsp3) is 0.781. The van der Waals surface area contributed by atoms with Crippen LogP contribution in [0.2, 0.25) is 0 Å². The van der Waals surface area contributed by atoms with Crippen molar-refractivity contribution >= 4 is 21.6 Å². The van der Waals surface area contributed by atoms with E-state index in [1.165, 1.54) is 0 Å². The number of carbonyl (C=O) groups is 2. The van der Waals surface area contributed by atoms with Crippen molar-refractivity contribution in [2.45, 2.75) is 105 Å². The Morgan fingerprint density at radius 3 is 2.21 bits per heavy atom. The van der Waals surface area contributed by atoms with Crippen molar-refractivity contribution in [3.8, 4) is 6.07 Å². The van der Waals surface area contributed by atoms with Crippen LogP contribution >= 0.6 is 0 Å². The quantitative estimate of drug-likeness (QED) is 0.397. The van der Waals surface area contributed by atoms with Gasteiger partial charge in [0.05, 0.1) is 5.57 Å². The summed E-state index contributed by atoms with van der Waals surface area (Å²) in [5.41, 5.74) is -2.89. The normalized spacial score (nSPS) is 42.6. The zero-order chi connectivity index (χ0) is 31.5. The highest BCUT2D eigenvalue weighted by Gasteiger charge is 2.70. The molecule has 0 saturated heterocycles. The summed E-state index contributed by atoms with van der Waals surface area (Å²) < 4.78 is 68.1. The van der Waals surface area contributed by atoms with E-state index in [4.69, 9.17) is 0 Å². The Kier molecular flexibility index (Phi) is 6.76. The Morgan fingerprint density at radius 2 is 1.62 bits per heavy atom. The Hall–Kier alpha value is -1.99. The maximum absolute atomic E-state index is 14.4. The number of Topliss-reactive ketones (excluding diaryl/α,β-unsaturated/α-hetero) is 1. The summed E-state index contributed by atoms with van der Waals surface area (Å²) >= 11 is 0. The summed E-state index contributed by atoms with van der Waals surface area (Å²) in [4.78, 5) is 27.7. The van der Waals surface area contributed by atoms with Gasteiger partial charge in [-0.3, -0.25) is 9.59 Å². The molecule has 10 heteroatoms. The molecule has 232 valence electrons. The number of allylic oxidation sites excluding steroid dienone is 4. The molecule has 0 aromatic carbocycles. The Morgan fingerprint density at radius 1 is 1.00 bits per heavy atom. The minimum Gasteiger partial charge on any atom is -0.295 e. The molecule has 3 saturated carbocycles. The first-order valence-electron chi connectivity index (χ1n) is 15.0. The Labute approximate surface area is 247 Å². The summed E-state index contributed by atoms with van der Waals surface area (Å²) in [6.07, 6.45) is 2.39. The highest BCUT2D eigenvalue weighted by atomic mass is 32.2. The third-order valence-corrected chi connectivity index (χ3v) is 14.0. The van der Waals surface area contributed by atoms with Gasteiger partial charge in [-0.05, 0) is 79.1 Å². The number of ketones is 2. The molecule has 0 radical (unpaired) electrons. The average molecular weight is 609 g/mol. The second-order valence-corrected chi connectivity index (χ2v) is 17.6. The summed E-state index contributed by atoms with van der Waals surface area (Å²) in [5, 5.41) is 9.87. The van der Waals surface area contributed by atoms with Crippen molar-refractivity contribution in [2.24, 2.45) is 44.8 Å². The fourth-order valence-corrected chi connectivity index (χ4v) is 11.8.